The van der Waals surface area contributed by atoms with Gasteiger partial charge in [-0.3, -0.25) is 0 Å². The lowest BCUT2D eigenvalue weighted by molar-refractivity contribution is 0.317. The molecule has 0 aliphatic carbocycles. The summed E-state index contributed by atoms with van der Waals surface area (Å²) in [7, 11) is 1.70. The lowest BCUT2D eigenvalue weighted by atomic mass is 10.2. The van der Waals surface area contributed by atoms with Crippen molar-refractivity contribution in [2.24, 2.45) is 0 Å². The van der Waals surface area contributed by atoms with Gasteiger partial charge in [-0.05, 0) is 25.3 Å². The van der Waals surface area contributed by atoms with E-state index in [0.717, 1.165) is 10.1 Å². The Morgan fingerprint density at radius 2 is 1.94 bits per heavy atom. The van der Waals surface area contributed by atoms with Gasteiger partial charge in [-0.25, -0.2) is 0 Å². The SMILES string of the molecule is COc1sc(OCc2cccs2)c(C)c1C. The summed E-state index contributed by atoms with van der Waals surface area (Å²) in [5.41, 5.74) is 2.35. The van der Waals surface area contributed by atoms with Crippen molar-refractivity contribution in [3.05, 3.63) is 33.5 Å². The molecule has 2 heterocycles. The zero-order chi connectivity index (χ0) is 11.5. The summed E-state index contributed by atoms with van der Waals surface area (Å²) in [6.45, 7) is 4.77. The van der Waals surface area contributed by atoms with Crippen molar-refractivity contribution < 1.29 is 9.47 Å². The van der Waals surface area contributed by atoms with Gasteiger partial charge in [0.25, 0.3) is 0 Å². The number of hydrogen-bond acceptors (Lipinski definition) is 4. The molecule has 2 aromatic rings. The Kier molecular flexibility index (Phi) is 3.51. The van der Waals surface area contributed by atoms with Crippen molar-refractivity contribution in [2.45, 2.75) is 20.5 Å². The van der Waals surface area contributed by atoms with Crippen molar-refractivity contribution in [1.29, 1.82) is 0 Å². The van der Waals surface area contributed by atoms with Crippen LogP contribution in [0.15, 0.2) is 17.5 Å². The van der Waals surface area contributed by atoms with Crippen molar-refractivity contribution >= 4 is 22.7 Å². The highest BCUT2D eigenvalue weighted by molar-refractivity contribution is 7.16. The Hall–Kier alpha value is -1.00. The highest BCUT2D eigenvalue weighted by Crippen LogP contribution is 2.40. The summed E-state index contributed by atoms with van der Waals surface area (Å²) in [5, 5.41) is 3.97. The highest BCUT2D eigenvalue weighted by Gasteiger charge is 2.13. The van der Waals surface area contributed by atoms with Crippen LogP contribution in [0.3, 0.4) is 0 Å². The van der Waals surface area contributed by atoms with Crippen molar-refractivity contribution in [1.82, 2.24) is 0 Å². The molecule has 0 spiro atoms. The van der Waals surface area contributed by atoms with Crippen LogP contribution in [-0.2, 0) is 6.61 Å². The van der Waals surface area contributed by atoms with Crippen LogP contribution < -0.4 is 9.47 Å². The molecular formula is C12H14O2S2. The zero-order valence-electron chi connectivity index (χ0n) is 9.57. The molecule has 0 saturated carbocycles. The summed E-state index contributed by atoms with van der Waals surface area (Å²) in [5.74, 6) is 0. The van der Waals surface area contributed by atoms with Crippen LogP contribution in [0.5, 0.6) is 10.1 Å². The van der Waals surface area contributed by atoms with Crippen LogP contribution in [0, 0.1) is 13.8 Å². The average Bonchev–Trinajstić information content (AvgIpc) is 2.88. The third kappa shape index (κ3) is 2.23. The Balaban J connectivity index is 2.10. The summed E-state index contributed by atoms with van der Waals surface area (Å²) in [6, 6.07) is 4.12. The van der Waals surface area contributed by atoms with Gasteiger partial charge in [-0.1, -0.05) is 17.4 Å². The molecule has 0 unspecified atom stereocenters. The van der Waals surface area contributed by atoms with Gasteiger partial charge in [-0.2, -0.15) is 0 Å². The average molecular weight is 254 g/mol. The van der Waals surface area contributed by atoms with E-state index in [1.807, 2.05) is 6.07 Å². The molecular weight excluding hydrogens is 240 g/mol. The van der Waals surface area contributed by atoms with Crippen LogP contribution in [0.25, 0.3) is 0 Å². The molecule has 2 nitrogen and oxygen atoms in total. The number of ether oxygens (including phenoxy) is 2. The first-order valence-electron chi connectivity index (χ1n) is 5.01. The molecule has 0 radical (unpaired) electrons. The third-order valence-electron chi connectivity index (χ3n) is 2.47. The van der Waals surface area contributed by atoms with Crippen LogP contribution in [-0.4, -0.2) is 7.11 Å². The number of methoxy groups -OCH3 is 1. The summed E-state index contributed by atoms with van der Waals surface area (Å²) in [6.07, 6.45) is 0. The van der Waals surface area contributed by atoms with E-state index in [2.05, 4.69) is 25.3 Å². The molecule has 0 N–H and O–H groups in total. The quantitative estimate of drug-likeness (QED) is 0.820. The maximum atomic E-state index is 5.79. The fraction of sp³-hybridized carbons (Fsp3) is 0.333. The fourth-order valence-electron chi connectivity index (χ4n) is 1.41. The molecule has 2 rings (SSSR count). The van der Waals surface area contributed by atoms with E-state index in [0.29, 0.717) is 6.61 Å². The van der Waals surface area contributed by atoms with E-state index in [4.69, 9.17) is 9.47 Å². The molecule has 2 aromatic heterocycles. The first-order valence-corrected chi connectivity index (χ1v) is 6.71. The minimum Gasteiger partial charge on any atom is -0.487 e. The molecule has 0 bridgehead atoms. The van der Waals surface area contributed by atoms with E-state index in [9.17, 15) is 0 Å². The molecule has 0 aliphatic rings. The van der Waals surface area contributed by atoms with Crippen molar-refractivity contribution in [3.63, 3.8) is 0 Å². The molecule has 0 fully saturated rings. The molecule has 86 valence electrons. The molecule has 0 atom stereocenters. The summed E-state index contributed by atoms with van der Waals surface area (Å²) in [4.78, 5) is 1.24. The largest absolute Gasteiger partial charge is 0.487 e. The van der Waals surface area contributed by atoms with Gasteiger partial charge in [0, 0.05) is 16.0 Å². The Morgan fingerprint density at radius 3 is 2.50 bits per heavy atom. The second-order valence-corrected chi connectivity index (χ2v) is 5.48. The Bertz CT molecular complexity index is 458. The minimum atomic E-state index is 0.640. The van der Waals surface area contributed by atoms with Crippen LogP contribution in [0.2, 0.25) is 0 Å². The van der Waals surface area contributed by atoms with E-state index in [1.165, 1.54) is 16.0 Å². The van der Waals surface area contributed by atoms with Gasteiger partial charge >= 0.3 is 0 Å². The summed E-state index contributed by atoms with van der Waals surface area (Å²) >= 11 is 3.28. The second-order valence-electron chi connectivity index (χ2n) is 3.50. The fourth-order valence-corrected chi connectivity index (χ4v) is 3.01. The topological polar surface area (TPSA) is 18.5 Å². The van der Waals surface area contributed by atoms with Crippen LogP contribution in [0.4, 0.5) is 0 Å². The van der Waals surface area contributed by atoms with E-state index in [1.54, 1.807) is 29.8 Å². The van der Waals surface area contributed by atoms with E-state index in [-0.39, 0.29) is 0 Å². The Morgan fingerprint density at radius 1 is 1.19 bits per heavy atom. The molecule has 0 aromatic carbocycles. The standard InChI is InChI=1S/C12H14O2S2/c1-8-9(2)12(16-11(8)13-3)14-7-10-5-4-6-15-10/h4-6H,7H2,1-3H3. The maximum absolute atomic E-state index is 5.79. The zero-order valence-corrected chi connectivity index (χ0v) is 11.2. The van der Waals surface area contributed by atoms with Gasteiger partial charge in [-0.15, -0.1) is 11.3 Å². The van der Waals surface area contributed by atoms with Gasteiger partial charge in [0.1, 0.15) is 6.61 Å². The Labute approximate surface area is 103 Å². The molecule has 16 heavy (non-hydrogen) atoms. The van der Waals surface area contributed by atoms with Crippen molar-refractivity contribution in [3.8, 4) is 10.1 Å². The lowest BCUT2D eigenvalue weighted by Gasteiger charge is -2.02. The number of hydrogen-bond donors (Lipinski definition) is 0. The van der Waals surface area contributed by atoms with E-state index < -0.39 is 0 Å². The van der Waals surface area contributed by atoms with Gasteiger partial charge < -0.3 is 9.47 Å². The minimum absolute atomic E-state index is 0.640. The molecule has 0 saturated heterocycles. The monoisotopic (exact) mass is 254 g/mol. The van der Waals surface area contributed by atoms with Crippen molar-refractivity contribution in [2.75, 3.05) is 7.11 Å². The van der Waals surface area contributed by atoms with Gasteiger partial charge in [0.05, 0.1) is 7.11 Å². The highest BCUT2D eigenvalue weighted by atomic mass is 32.1. The van der Waals surface area contributed by atoms with Gasteiger partial charge in [0.2, 0.25) is 0 Å². The predicted octanol–water partition coefficient (Wildman–Crippen LogP) is 4.01. The predicted molar refractivity (Wildman–Crippen MR) is 69.0 cm³/mol. The van der Waals surface area contributed by atoms with E-state index >= 15 is 0 Å². The molecule has 0 aliphatic heterocycles. The third-order valence-corrected chi connectivity index (χ3v) is 4.59. The van der Waals surface area contributed by atoms with Crippen LogP contribution >= 0.6 is 22.7 Å². The first kappa shape index (κ1) is 11.5. The number of thiophene rings is 2. The van der Waals surface area contributed by atoms with Crippen LogP contribution in [0.1, 0.15) is 16.0 Å². The van der Waals surface area contributed by atoms with Gasteiger partial charge in [0.15, 0.2) is 10.1 Å². The first-order chi connectivity index (χ1) is 7.72. The maximum Gasteiger partial charge on any atom is 0.180 e. The molecule has 4 heteroatoms. The second kappa shape index (κ2) is 4.89. The number of rotatable bonds is 4. The summed E-state index contributed by atoms with van der Waals surface area (Å²) < 4.78 is 11.1. The lowest BCUT2D eigenvalue weighted by Crippen LogP contribution is -1.91. The molecule has 0 amide bonds. The smallest absolute Gasteiger partial charge is 0.180 e. The normalized spacial score (nSPS) is 10.4.